The molecule has 1 aliphatic heterocycles. The largest absolute Gasteiger partial charge is 0.355 e. The van der Waals surface area contributed by atoms with Gasteiger partial charge in [0.05, 0.1) is 10.6 Å². The standard InChI is InChI=1S/C17H18ClN5O3/c1-11-2-5-16(21-20-11)22-8-6-12(7-9-22)17(24)19-14-10-13(18)3-4-15(14)23(25)26/h2-5,10,12H,6-9H2,1H3,(H,19,24). The van der Waals surface area contributed by atoms with Crippen molar-refractivity contribution in [2.45, 2.75) is 19.8 Å². The van der Waals surface area contributed by atoms with Crippen molar-refractivity contribution in [2.75, 3.05) is 23.3 Å². The van der Waals surface area contributed by atoms with Crippen LogP contribution in [0.25, 0.3) is 0 Å². The van der Waals surface area contributed by atoms with Crippen molar-refractivity contribution < 1.29 is 9.72 Å². The molecule has 0 radical (unpaired) electrons. The first-order valence-electron chi connectivity index (χ1n) is 8.24. The van der Waals surface area contributed by atoms with Crippen molar-refractivity contribution in [3.63, 3.8) is 0 Å². The van der Waals surface area contributed by atoms with Gasteiger partial charge in [0.1, 0.15) is 5.69 Å². The molecule has 136 valence electrons. The van der Waals surface area contributed by atoms with Crippen molar-refractivity contribution in [3.05, 3.63) is 51.2 Å². The third-order valence-corrected chi connectivity index (χ3v) is 4.62. The van der Waals surface area contributed by atoms with E-state index in [-0.39, 0.29) is 23.2 Å². The maximum Gasteiger partial charge on any atom is 0.292 e. The van der Waals surface area contributed by atoms with Gasteiger partial charge in [0.15, 0.2) is 5.82 Å². The Morgan fingerprint density at radius 3 is 2.62 bits per heavy atom. The lowest BCUT2D eigenvalue weighted by atomic mass is 9.95. The number of nitro benzene ring substituents is 1. The van der Waals surface area contributed by atoms with Crippen molar-refractivity contribution in [1.29, 1.82) is 0 Å². The van der Waals surface area contributed by atoms with E-state index >= 15 is 0 Å². The number of hydrogen-bond donors (Lipinski definition) is 1. The van der Waals surface area contributed by atoms with Gasteiger partial charge in [0, 0.05) is 30.1 Å². The van der Waals surface area contributed by atoms with E-state index in [0.717, 1.165) is 11.5 Å². The molecule has 1 N–H and O–H groups in total. The fourth-order valence-electron chi connectivity index (χ4n) is 2.93. The summed E-state index contributed by atoms with van der Waals surface area (Å²) in [6.07, 6.45) is 1.27. The second-order valence-corrected chi connectivity index (χ2v) is 6.64. The van der Waals surface area contributed by atoms with Crippen LogP contribution >= 0.6 is 11.6 Å². The maximum atomic E-state index is 12.5. The number of piperidine rings is 1. The summed E-state index contributed by atoms with van der Waals surface area (Å²) in [4.78, 5) is 25.2. The van der Waals surface area contributed by atoms with Crippen LogP contribution in [0.1, 0.15) is 18.5 Å². The molecule has 9 heteroatoms. The number of halogens is 1. The first kappa shape index (κ1) is 18.1. The Balaban J connectivity index is 1.63. The summed E-state index contributed by atoms with van der Waals surface area (Å²) in [5.41, 5.74) is 0.806. The van der Waals surface area contributed by atoms with Crippen LogP contribution in [-0.4, -0.2) is 34.1 Å². The molecule has 0 saturated carbocycles. The highest BCUT2D eigenvalue weighted by Gasteiger charge is 2.27. The molecular weight excluding hydrogens is 358 g/mol. The third kappa shape index (κ3) is 4.08. The van der Waals surface area contributed by atoms with Crippen molar-refractivity contribution in [2.24, 2.45) is 5.92 Å². The van der Waals surface area contributed by atoms with Crippen molar-refractivity contribution in [3.8, 4) is 0 Å². The summed E-state index contributed by atoms with van der Waals surface area (Å²) in [5, 5.41) is 22.3. The average molecular weight is 376 g/mol. The molecule has 1 aromatic carbocycles. The Labute approximate surface area is 155 Å². The van der Waals surface area contributed by atoms with Gasteiger partial charge in [-0.3, -0.25) is 14.9 Å². The summed E-state index contributed by atoms with van der Waals surface area (Å²) in [6, 6.07) is 7.93. The summed E-state index contributed by atoms with van der Waals surface area (Å²) < 4.78 is 0. The summed E-state index contributed by atoms with van der Waals surface area (Å²) in [6.45, 7) is 3.23. The quantitative estimate of drug-likeness (QED) is 0.650. The SMILES string of the molecule is Cc1ccc(N2CCC(C(=O)Nc3cc(Cl)ccc3[N+](=O)[O-])CC2)nn1. The number of nitrogens with zero attached hydrogens (tertiary/aromatic N) is 4. The van der Waals surface area contributed by atoms with Gasteiger partial charge in [-0.1, -0.05) is 11.6 Å². The van der Waals surface area contributed by atoms with Crippen LogP contribution in [0.2, 0.25) is 5.02 Å². The molecule has 1 saturated heterocycles. The van der Waals surface area contributed by atoms with Gasteiger partial charge >= 0.3 is 0 Å². The minimum atomic E-state index is -0.537. The number of aryl methyl sites for hydroxylation is 1. The molecule has 1 amide bonds. The molecule has 2 heterocycles. The number of anilines is 2. The highest BCUT2D eigenvalue weighted by Crippen LogP contribution is 2.29. The van der Waals surface area contributed by atoms with Crippen LogP contribution in [0.4, 0.5) is 17.2 Å². The first-order valence-corrected chi connectivity index (χ1v) is 8.62. The number of carbonyl (C=O) groups excluding carboxylic acids is 1. The number of aromatic nitrogens is 2. The molecule has 0 atom stereocenters. The fourth-order valence-corrected chi connectivity index (χ4v) is 3.11. The lowest BCUT2D eigenvalue weighted by Gasteiger charge is -2.31. The van der Waals surface area contributed by atoms with Crippen LogP contribution in [0.3, 0.4) is 0 Å². The van der Waals surface area contributed by atoms with Gasteiger partial charge in [0.25, 0.3) is 5.69 Å². The van der Waals surface area contributed by atoms with Crippen molar-refractivity contribution >= 4 is 34.7 Å². The summed E-state index contributed by atoms with van der Waals surface area (Å²) >= 11 is 5.90. The van der Waals surface area contributed by atoms with E-state index in [1.165, 1.54) is 18.2 Å². The predicted octanol–water partition coefficient (Wildman–Crippen LogP) is 3.20. The number of nitro groups is 1. The Morgan fingerprint density at radius 1 is 1.27 bits per heavy atom. The van der Waals surface area contributed by atoms with Gasteiger partial charge in [0.2, 0.25) is 5.91 Å². The second-order valence-electron chi connectivity index (χ2n) is 6.20. The Hall–Kier alpha value is -2.74. The van der Waals surface area contributed by atoms with Crippen LogP contribution in [0.5, 0.6) is 0 Å². The molecule has 1 aliphatic rings. The monoisotopic (exact) mass is 375 g/mol. The molecule has 1 aromatic heterocycles. The van der Waals surface area contributed by atoms with E-state index in [0.29, 0.717) is 31.0 Å². The molecule has 0 spiro atoms. The Morgan fingerprint density at radius 2 is 2.00 bits per heavy atom. The van der Waals surface area contributed by atoms with E-state index in [2.05, 4.69) is 20.4 Å². The molecule has 26 heavy (non-hydrogen) atoms. The van der Waals surface area contributed by atoms with Crippen LogP contribution in [-0.2, 0) is 4.79 Å². The molecule has 0 aliphatic carbocycles. The molecule has 1 fully saturated rings. The Kier molecular flexibility index (Phi) is 5.32. The number of carbonyl (C=O) groups is 1. The molecule has 2 aromatic rings. The smallest absolute Gasteiger partial charge is 0.292 e. The number of rotatable bonds is 4. The zero-order valence-electron chi connectivity index (χ0n) is 14.2. The lowest BCUT2D eigenvalue weighted by Crippen LogP contribution is -2.38. The molecular formula is C17H18ClN5O3. The Bertz CT molecular complexity index is 820. The van der Waals surface area contributed by atoms with Gasteiger partial charge in [-0.05, 0) is 44.0 Å². The molecule has 3 rings (SSSR count). The number of nitrogens with one attached hydrogen (secondary N) is 1. The van der Waals surface area contributed by atoms with Crippen LogP contribution < -0.4 is 10.2 Å². The molecule has 0 unspecified atom stereocenters. The van der Waals surface area contributed by atoms with E-state index < -0.39 is 4.92 Å². The van der Waals surface area contributed by atoms with E-state index in [1.807, 2.05) is 19.1 Å². The normalized spacial score (nSPS) is 14.9. The zero-order valence-corrected chi connectivity index (χ0v) is 14.9. The maximum absolute atomic E-state index is 12.5. The topological polar surface area (TPSA) is 101 Å². The number of amides is 1. The van der Waals surface area contributed by atoms with Gasteiger partial charge in [-0.2, -0.15) is 5.10 Å². The highest BCUT2D eigenvalue weighted by atomic mass is 35.5. The lowest BCUT2D eigenvalue weighted by molar-refractivity contribution is -0.383. The van der Waals surface area contributed by atoms with Crippen LogP contribution in [0, 0.1) is 23.0 Å². The van der Waals surface area contributed by atoms with E-state index in [1.54, 1.807) is 0 Å². The predicted molar refractivity (Wildman–Crippen MR) is 98.4 cm³/mol. The third-order valence-electron chi connectivity index (χ3n) is 4.39. The van der Waals surface area contributed by atoms with Gasteiger partial charge in [-0.15, -0.1) is 5.10 Å². The summed E-state index contributed by atoms with van der Waals surface area (Å²) in [7, 11) is 0. The van der Waals surface area contributed by atoms with Crippen LogP contribution in [0.15, 0.2) is 30.3 Å². The van der Waals surface area contributed by atoms with E-state index in [4.69, 9.17) is 11.6 Å². The number of hydrogen-bond acceptors (Lipinski definition) is 6. The first-order chi connectivity index (χ1) is 12.4. The minimum Gasteiger partial charge on any atom is -0.355 e. The van der Waals surface area contributed by atoms with Crippen molar-refractivity contribution in [1.82, 2.24) is 10.2 Å². The van der Waals surface area contributed by atoms with E-state index in [9.17, 15) is 14.9 Å². The highest BCUT2D eigenvalue weighted by molar-refractivity contribution is 6.31. The molecule has 8 nitrogen and oxygen atoms in total. The van der Waals surface area contributed by atoms with Gasteiger partial charge in [-0.25, -0.2) is 0 Å². The van der Waals surface area contributed by atoms with Gasteiger partial charge < -0.3 is 10.2 Å². The zero-order chi connectivity index (χ0) is 18.7. The minimum absolute atomic E-state index is 0.124. The fraction of sp³-hybridized carbons (Fsp3) is 0.353. The second kappa shape index (κ2) is 7.65. The average Bonchev–Trinajstić information content (AvgIpc) is 2.62. The molecule has 0 bridgehead atoms. The summed E-state index contributed by atoms with van der Waals surface area (Å²) in [5.74, 6) is 0.341. The number of benzene rings is 1.